The first-order valence-electron chi connectivity index (χ1n) is 7.33. The molecule has 0 radical (unpaired) electrons. The number of carboxylic acid groups (broad SMARTS) is 1. The molecule has 1 N–H and O–H groups in total. The van der Waals surface area contributed by atoms with Crippen LogP contribution in [0.15, 0.2) is 18.2 Å². The van der Waals surface area contributed by atoms with E-state index in [9.17, 15) is 14.4 Å². The molecule has 0 heterocycles. The highest BCUT2D eigenvalue weighted by molar-refractivity contribution is 6.06. The van der Waals surface area contributed by atoms with Gasteiger partial charge in [-0.3, -0.25) is 14.4 Å². The van der Waals surface area contributed by atoms with E-state index in [1.165, 1.54) is 6.92 Å². The Kier molecular flexibility index (Phi) is 6.28. The number of anilines is 1. The largest absolute Gasteiger partial charge is 0.481 e. The van der Waals surface area contributed by atoms with Gasteiger partial charge in [-0.05, 0) is 45.2 Å². The summed E-state index contributed by atoms with van der Waals surface area (Å²) in [5.74, 6) is -1.39. The average Bonchev–Trinajstić information content (AvgIpc) is 2.39. The monoisotopic (exact) mass is 305 g/mol. The standard InChI is InChI=1S/C17H23NO4/c1-11-6-5-7-12(2)17(11)18(15(20)10-14(4)19)13(3)8-9-16(21)22/h5-7,13H,8-10H2,1-4H3,(H,21,22). The van der Waals surface area contributed by atoms with Gasteiger partial charge in [0.15, 0.2) is 0 Å². The van der Waals surface area contributed by atoms with Crippen molar-refractivity contribution in [2.24, 2.45) is 0 Å². The lowest BCUT2D eigenvalue weighted by Gasteiger charge is -2.31. The fourth-order valence-corrected chi connectivity index (χ4v) is 2.54. The number of benzene rings is 1. The Hall–Kier alpha value is -2.17. The zero-order valence-corrected chi connectivity index (χ0v) is 13.5. The first kappa shape index (κ1) is 17.9. The molecule has 0 aliphatic heterocycles. The van der Waals surface area contributed by atoms with Gasteiger partial charge in [0.2, 0.25) is 5.91 Å². The summed E-state index contributed by atoms with van der Waals surface area (Å²) < 4.78 is 0. The molecule has 5 heteroatoms. The van der Waals surface area contributed by atoms with E-state index >= 15 is 0 Å². The average molecular weight is 305 g/mol. The van der Waals surface area contributed by atoms with Crippen molar-refractivity contribution >= 4 is 23.3 Å². The number of Topliss-reactive ketones (excluding diaryl/α,β-unsaturated/α-hetero) is 1. The Bertz CT molecular complexity index is 560. The van der Waals surface area contributed by atoms with Gasteiger partial charge in [-0.25, -0.2) is 0 Å². The van der Waals surface area contributed by atoms with E-state index in [0.717, 1.165) is 16.8 Å². The summed E-state index contributed by atoms with van der Waals surface area (Å²) in [6.07, 6.45) is 0.147. The number of hydrogen-bond donors (Lipinski definition) is 1. The zero-order chi connectivity index (χ0) is 16.9. The van der Waals surface area contributed by atoms with Crippen molar-refractivity contribution in [3.8, 4) is 0 Å². The van der Waals surface area contributed by atoms with Crippen LogP contribution in [0.3, 0.4) is 0 Å². The smallest absolute Gasteiger partial charge is 0.303 e. The molecule has 1 rings (SSSR count). The van der Waals surface area contributed by atoms with Crippen LogP contribution in [0.1, 0.15) is 44.2 Å². The first-order valence-corrected chi connectivity index (χ1v) is 7.33. The van der Waals surface area contributed by atoms with Crippen LogP contribution >= 0.6 is 0 Å². The van der Waals surface area contributed by atoms with Crippen LogP contribution in [0.4, 0.5) is 5.69 Å². The molecule has 1 aromatic carbocycles. The van der Waals surface area contributed by atoms with E-state index in [1.807, 2.05) is 39.0 Å². The lowest BCUT2D eigenvalue weighted by atomic mass is 10.0. The summed E-state index contributed by atoms with van der Waals surface area (Å²) in [6.45, 7) is 7.00. The van der Waals surface area contributed by atoms with E-state index in [0.29, 0.717) is 6.42 Å². The predicted molar refractivity (Wildman–Crippen MR) is 85.0 cm³/mol. The number of ketones is 1. The number of carboxylic acids is 1. The van der Waals surface area contributed by atoms with Crippen molar-refractivity contribution in [2.45, 2.75) is 53.0 Å². The third-order valence-electron chi connectivity index (χ3n) is 3.57. The maximum absolute atomic E-state index is 12.5. The minimum atomic E-state index is -0.896. The molecular formula is C17H23NO4. The number of amides is 1. The van der Waals surface area contributed by atoms with Gasteiger partial charge in [-0.2, -0.15) is 0 Å². The second kappa shape index (κ2) is 7.73. The molecule has 0 aromatic heterocycles. The molecule has 0 bridgehead atoms. The van der Waals surface area contributed by atoms with Crippen molar-refractivity contribution in [2.75, 3.05) is 4.90 Å². The summed E-state index contributed by atoms with van der Waals surface area (Å²) in [5, 5.41) is 8.85. The molecule has 1 atom stereocenters. The Balaban J connectivity index is 3.18. The number of aryl methyl sites for hydroxylation is 2. The number of para-hydroxylation sites is 1. The molecule has 1 aromatic rings. The zero-order valence-electron chi connectivity index (χ0n) is 13.5. The third kappa shape index (κ3) is 4.69. The van der Waals surface area contributed by atoms with Crippen molar-refractivity contribution in [3.05, 3.63) is 29.3 Å². The Morgan fingerprint density at radius 1 is 1.18 bits per heavy atom. The van der Waals surface area contributed by atoms with E-state index in [1.54, 1.807) is 4.90 Å². The van der Waals surface area contributed by atoms with E-state index < -0.39 is 5.97 Å². The van der Waals surface area contributed by atoms with Gasteiger partial charge < -0.3 is 10.0 Å². The molecule has 1 amide bonds. The van der Waals surface area contributed by atoms with E-state index in [2.05, 4.69) is 0 Å². The van der Waals surface area contributed by atoms with Gasteiger partial charge >= 0.3 is 5.97 Å². The van der Waals surface area contributed by atoms with Crippen molar-refractivity contribution in [3.63, 3.8) is 0 Å². The number of carbonyl (C=O) groups excluding carboxylic acids is 2. The summed E-state index contributed by atoms with van der Waals surface area (Å²) >= 11 is 0. The number of carbonyl (C=O) groups is 3. The highest BCUT2D eigenvalue weighted by atomic mass is 16.4. The highest BCUT2D eigenvalue weighted by Crippen LogP contribution is 2.28. The van der Waals surface area contributed by atoms with Crippen molar-refractivity contribution < 1.29 is 19.5 Å². The van der Waals surface area contributed by atoms with E-state index in [-0.39, 0.29) is 30.6 Å². The number of hydrogen-bond acceptors (Lipinski definition) is 3. The van der Waals surface area contributed by atoms with Crippen LogP contribution < -0.4 is 4.90 Å². The summed E-state index contributed by atoms with van der Waals surface area (Å²) in [7, 11) is 0. The normalized spacial score (nSPS) is 11.8. The van der Waals surface area contributed by atoms with Crippen LogP contribution in [0.5, 0.6) is 0 Å². The molecule has 0 aliphatic rings. The van der Waals surface area contributed by atoms with Gasteiger partial charge in [0.25, 0.3) is 0 Å². The second-order valence-electron chi connectivity index (χ2n) is 5.66. The van der Waals surface area contributed by atoms with Gasteiger partial charge in [0, 0.05) is 18.2 Å². The molecule has 0 saturated heterocycles. The molecule has 1 unspecified atom stereocenters. The third-order valence-corrected chi connectivity index (χ3v) is 3.57. The van der Waals surface area contributed by atoms with Gasteiger partial charge in [0.05, 0.1) is 6.42 Å². The van der Waals surface area contributed by atoms with Crippen LogP contribution in [0, 0.1) is 13.8 Å². The first-order chi connectivity index (χ1) is 10.2. The highest BCUT2D eigenvalue weighted by Gasteiger charge is 2.25. The Morgan fingerprint density at radius 3 is 2.18 bits per heavy atom. The van der Waals surface area contributed by atoms with Crippen molar-refractivity contribution in [1.82, 2.24) is 0 Å². The molecule has 0 spiro atoms. The minimum Gasteiger partial charge on any atom is -0.481 e. The van der Waals surface area contributed by atoms with Gasteiger partial charge in [-0.1, -0.05) is 18.2 Å². The predicted octanol–water partition coefficient (Wildman–Crippen LogP) is 2.87. The minimum absolute atomic E-state index is 0.0179. The Labute approximate surface area is 130 Å². The topological polar surface area (TPSA) is 74.7 Å². The molecule has 0 saturated carbocycles. The SMILES string of the molecule is CC(=O)CC(=O)N(c1c(C)cccc1C)C(C)CCC(=O)O. The molecule has 5 nitrogen and oxygen atoms in total. The van der Waals surface area contributed by atoms with Crippen LogP contribution in [0.25, 0.3) is 0 Å². The van der Waals surface area contributed by atoms with E-state index in [4.69, 9.17) is 5.11 Å². The molecule has 0 aliphatic carbocycles. The lowest BCUT2D eigenvalue weighted by molar-refractivity contribution is -0.137. The number of nitrogens with zero attached hydrogens (tertiary/aromatic N) is 1. The molecule has 22 heavy (non-hydrogen) atoms. The Morgan fingerprint density at radius 2 is 1.73 bits per heavy atom. The fourth-order valence-electron chi connectivity index (χ4n) is 2.54. The van der Waals surface area contributed by atoms with Gasteiger partial charge in [0.1, 0.15) is 5.78 Å². The van der Waals surface area contributed by atoms with Crippen molar-refractivity contribution in [1.29, 1.82) is 0 Å². The lowest BCUT2D eigenvalue weighted by Crippen LogP contribution is -2.40. The van der Waals surface area contributed by atoms with Gasteiger partial charge in [-0.15, -0.1) is 0 Å². The number of aliphatic carboxylic acids is 1. The summed E-state index contributed by atoms with van der Waals surface area (Å²) in [4.78, 5) is 36.2. The van der Waals surface area contributed by atoms with Crippen LogP contribution in [-0.2, 0) is 14.4 Å². The molecule has 0 fully saturated rings. The number of rotatable bonds is 7. The molecule has 120 valence electrons. The van der Waals surface area contributed by atoms with Crippen LogP contribution in [-0.4, -0.2) is 28.8 Å². The quantitative estimate of drug-likeness (QED) is 0.786. The van der Waals surface area contributed by atoms with Crippen LogP contribution in [0.2, 0.25) is 0 Å². The maximum atomic E-state index is 12.5. The fraction of sp³-hybridized carbons (Fsp3) is 0.471. The summed E-state index contributed by atoms with van der Waals surface area (Å²) in [6, 6.07) is 5.42. The second-order valence-corrected chi connectivity index (χ2v) is 5.66. The molecular weight excluding hydrogens is 282 g/mol. The maximum Gasteiger partial charge on any atom is 0.303 e. The summed E-state index contributed by atoms with van der Waals surface area (Å²) in [5.41, 5.74) is 2.63.